The number of rotatable bonds is 1. The molecule has 44 heavy (non-hydrogen) atoms. The largest absolute Gasteiger partial charge is 0.456 e. The number of hydrogen-bond acceptors (Lipinski definition) is 1. The van der Waals surface area contributed by atoms with Gasteiger partial charge in [0.05, 0.1) is 16.4 Å². The Balaban J connectivity index is 1.43. The SMILES string of the molecule is CC1(C)c2ccccc2-c2ccc(-n3c4ccccc4c4c5c(c6oc7ccccc7c6c43)C(C)(C)c3ccccc3-5)cc21. The van der Waals surface area contributed by atoms with Gasteiger partial charge < -0.3 is 8.98 Å². The van der Waals surface area contributed by atoms with E-state index in [1.54, 1.807) is 0 Å². The van der Waals surface area contributed by atoms with Crippen molar-refractivity contribution >= 4 is 43.7 Å². The number of fused-ring (bicyclic) bond motifs is 15. The van der Waals surface area contributed by atoms with E-state index in [4.69, 9.17) is 4.42 Å². The number of nitrogens with zero attached hydrogens (tertiary/aromatic N) is 1. The molecule has 6 aromatic carbocycles. The second kappa shape index (κ2) is 7.89. The molecule has 0 atom stereocenters. The summed E-state index contributed by atoms with van der Waals surface area (Å²) in [5.74, 6) is 0. The highest BCUT2D eigenvalue weighted by atomic mass is 16.3. The van der Waals surface area contributed by atoms with Crippen LogP contribution in [0.25, 0.3) is 71.7 Å². The summed E-state index contributed by atoms with van der Waals surface area (Å²) in [5.41, 5.74) is 16.1. The molecule has 2 heterocycles. The molecule has 0 saturated carbocycles. The van der Waals surface area contributed by atoms with Gasteiger partial charge in [-0.2, -0.15) is 0 Å². The molecule has 8 aromatic rings. The third-order valence-electron chi connectivity index (χ3n) is 10.8. The molecule has 0 bridgehead atoms. The van der Waals surface area contributed by atoms with Crippen molar-refractivity contribution in [2.24, 2.45) is 0 Å². The van der Waals surface area contributed by atoms with Gasteiger partial charge in [-0.15, -0.1) is 0 Å². The Morgan fingerprint density at radius 1 is 0.545 bits per heavy atom. The molecule has 0 radical (unpaired) electrons. The van der Waals surface area contributed by atoms with Gasteiger partial charge in [-0.05, 0) is 63.2 Å². The minimum Gasteiger partial charge on any atom is -0.456 e. The third kappa shape index (κ3) is 2.74. The van der Waals surface area contributed by atoms with Gasteiger partial charge in [-0.3, -0.25) is 0 Å². The Morgan fingerprint density at radius 3 is 2.00 bits per heavy atom. The molecule has 0 N–H and O–H groups in total. The summed E-state index contributed by atoms with van der Waals surface area (Å²) >= 11 is 0. The van der Waals surface area contributed by atoms with Crippen LogP contribution < -0.4 is 0 Å². The normalized spacial score (nSPS) is 15.6. The molecule has 0 saturated heterocycles. The third-order valence-corrected chi connectivity index (χ3v) is 10.8. The lowest BCUT2D eigenvalue weighted by molar-refractivity contribution is 0.620. The van der Waals surface area contributed by atoms with Crippen LogP contribution in [0.1, 0.15) is 49.9 Å². The summed E-state index contributed by atoms with van der Waals surface area (Å²) < 4.78 is 9.41. The fraction of sp³-hybridized carbons (Fsp3) is 0.143. The summed E-state index contributed by atoms with van der Waals surface area (Å²) in [5, 5.41) is 4.96. The molecule has 0 unspecified atom stereocenters. The summed E-state index contributed by atoms with van der Waals surface area (Å²) in [4.78, 5) is 0. The van der Waals surface area contributed by atoms with E-state index in [0.29, 0.717) is 0 Å². The second-order valence-electron chi connectivity index (χ2n) is 13.7. The number of para-hydroxylation sites is 2. The van der Waals surface area contributed by atoms with Crippen molar-refractivity contribution < 1.29 is 4.42 Å². The number of hydrogen-bond donors (Lipinski definition) is 0. The van der Waals surface area contributed by atoms with Crippen molar-refractivity contribution in [2.45, 2.75) is 38.5 Å². The first-order valence-electron chi connectivity index (χ1n) is 15.6. The quantitative estimate of drug-likeness (QED) is 0.194. The highest BCUT2D eigenvalue weighted by Crippen LogP contribution is 2.58. The predicted octanol–water partition coefficient (Wildman–Crippen LogP) is 11.3. The van der Waals surface area contributed by atoms with Gasteiger partial charge in [0.1, 0.15) is 11.2 Å². The standard InChI is InChI=1S/C42H31NO/c1-41(2)30-17-9-5-13-25(30)26-22-21-24(23-32(26)41)43-33-19-11-7-15-28(33)36-35-27-14-6-10-18-31(27)42(3,4)38(35)40-37(39(36)43)29-16-8-12-20-34(29)44-40/h5-23H,1-4H3. The fourth-order valence-corrected chi connectivity index (χ4v) is 8.77. The van der Waals surface area contributed by atoms with E-state index >= 15 is 0 Å². The van der Waals surface area contributed by atoms with E-state index in [1.807, 2.05) is 0 Å². The summed E-state index contributed by atoms with van der Waals surface area (Å²) in [7, 11) is 0. The van der Waals surface area contributed by atoms with E-state index in [2.05, 4.69) is 148 Å². The molecule has 0 aliphatic heterocycles. The van der Waals surface area contributed by atoms with Crippen LogP contribution in [-0.4, -0.2) is 4.57 Å². The fourth-order valence-electron chi connectivity index (χ4n) is 8.77. The van der Waals surface area contributed by atoms with Crippen molar-refractivity contribution in [2.75, 3.05) is 0 Å². The molecular weight excluding hydrogens is 534 g/mol. The lowest BCUT2D eigenvalue weighted by atomic mass is 9.81. The van der Waals surface area contributed by atoms with E-state index < -0.39 is 0 Å². The molecule has 2 aliphatic rings. The van der Waals surface area contributed by atoms with E-state index in [9.17, 15) is 0 Å². The lowest BCUT2D eigenvalue weighted by Crippen LogP contribution is -2.15. The van der Waals surface area contributed by atoms with Gasteiger partial charge in [0, 0.05) is 38.2 Å². The maximum Gasteiger partial charge on any atom is 0.142 e. The zero-order valence-electron chi connectivity index (χ0n) is 25.3. The highest BCUT2D eigenvalue weighted by Gasteiger charge is 2.42. The summed E-state index contributed by atoms with van der Waals surface area (Å²) in [6, 6.07) is 42.5. The number of aromatic nitrogens is 1. The molecule has 0 amide bonds. The van der Waals surface area contributed by atoms with Gasteiger partial charge in [0.15, 0.2) is 0 Å². The van der Waals surface area contributed by atoms with Crippen LogP contribution in [0.5, 0.6) is 0 Å². The van der Waals surface area contributed by atoms with Gasteiger partial charge in [0.2, 0.25) is 0 Å². The minimum atomic E-state index is -0.196. The van der Waals surface area contributed by atoms with Crippen LogP contribution in [0.3, 0.4) is 0 Å². The van der Waals surface area contributed by atoms with E-state index in [1.165, 1.54) is 82.8 Å². The predicted molar refractivity (Wildman–Crippen MR) is 183 cm³/mol. The molecule has 2 heteroatoms. The Hall–Kier alpha value is -5.08. The van der Waals surface area contributed by atoms with Crippen LogP contribution in [0.4, 0.5) is 0 Å². The molecule has 2 aromatic heterocycles. The molecule has 10 rings (SSSR count). The van der Waals surface area contributed by atoms with Crippen molar-refractivity contribution in [3.8, 4) is 27.9 Å². The minimum absolute atomic E-state index is 0.0808. The van der Waals surface area contributed by atoms with Gasteiger partial charge in [-0.1, -0.05) is 119 Å². The second-order valence-corrected chi connectivity index (χ2v) is 13.7. The van der Waals surface area contributed by atoms with Crippen LogP contribution in [-0.2, 0) is 10.8 Å². The monoisotopic (exact) mass is 565 g/mol. The summed E-state index contributed by atoms with van der Waals surface area (Å²) in [6.07, 6.45) is 0. The Labute approximate surface area is 256 Å². The zero-order chi connectivity index (χ0) is 29.5. The Bertz CT molecular complexity index is 2550. The van der Waals surface area contributed by atoms with Crippen LogP contribution in [0.2, 0.25) is 0 Å². The molecular formula is C42H31NO. The molecule has 2 aliphatic carbocycles. The Kier molecular flexibility index (Phi) is 4.37. The van der Waals surface area contributed by atoms with Gasteiger partial charge in [0.25, 0.3) is 0 Å². The first-order valence-corrected chi connectivity index (χ1v) is 15.6. The molecule has 0 spiro atoms. The maximum absolute atomic E-state index is 6.89. The summed E-state index contributed by atoms with van der Waals surface area (Å²) in [6.45, 7) is 9.44. The Morgan fingerprint density at radius 2 is 1.18 bits per heavy atom. The van der Waals surface area contributed by atoms with Crippen molar-refractivity contribution in [1.29, 1.82) is 0 Å². The zero-order valence-corrected chi connectivity index (χ0v) is 25.3. The van der Waals surface area contributed by atoms with E-state index in [0.717, 1.165) is 11.2 Å². The first-order chi connectivity index (χ1) is 21.4. The van der Waals surface area contributed by atoms with Gasteiger partial charge >= 0.3 is 0 Å². The number of benzene rings is 6. The molecule has 210 valence electrons. The van der Waals surface area contributed by atoms with Crippen molar-refractivity contribution in [1.82, 2.24) is 4.57 Å². The topological polar surface area (TPSA) is 18.1 Å². The van der Waals surface area contributed by atoms with Crippen LogP contribution in [0.15, 0.2) is 120 Å². The van der Waals surface area contributed by atoms with E-state index in [-0.39, 0.29) is 10.8 Å². The van der Waals surface area contributed by atoms with Gasteiger partial charge in [-0.25, -0.2) is 0 Å². The molecule has 0 fully saturated rings. The first kappa shape index (κ1) is 24.4. The average molecular weight is 566 g/mol. The smallest absolute Gasteiger partial charge is 0.142 e. The average Bonchev–Trinajstić information content (AvgIpc) is 3.72. The lowest BCUT2D eigenvalue weighted by Gasteiger charge is -2.23. The van der Waals surface area contributed by atoms with Crippen molar-refractivity contribution in [3.05, 3.63) is 138 Å². The van der Waals surface area contributed by atoms with Crippen LogP contribution in [0, 0.1) is 0 Å². The highest BCUT2D eigenvalue weighted by molar-refractivity contribution is 6.30. The number of furan rings is 1. The van der Waals surface area contributed by atoms with Crippen LogP contribution >= 0.6 is 0 Å². The maximum atomic E-state index is 6.89. The van der Waals surface area contributed by atoms with Crippen molar-refractivity contribution in [3.63, 3.8) is 0 Å². The molecule has 2 nitrogen and oxygen atoms in total.